The molecule has 1 aromatic carbocycles. The minimum atomic E-state index is -4.48. The van der Waals surface area contributed by atoms with Crippen LogP contribution < -0.4 is 10.6 Å². The lowest BCUT2D eigenvalue weighted by atomic mass is 10.1. The number of alkyl halides is 3. The van der Waals surface area contributed by atoms with Gasteiger partial charge in [-0.25, -0.2) is 0 Å². The van der Waals surface area contributed by atoms with E-state index in [0.717, 1.165) is 18.9 Å². The zero-order chi connectivity index (χ0) is 18.6. The molecule has 1 aliphatic heterocycles. The van der Waals surface area contributed by atoms with E-state index in [4.69, 9.17) is 4.74 Å². The molecule has 2 heterocycles. The van der Waals surface area contributed by atoms with Crippen LogP contribution in [0.15, 0.2) is 42.7 Å². The second-order valence-corrected chi connectivity index (χ2v) is 5.98. The Morgan fingerprint density at radius 3 is 2.81 bits per heavy atom. The van der Waals surface area contributed by atoms with Crippen LogP contribution in [0.3, 0.4) is 0 Å². The summed E-state index contributed by atoms with van der Waals surface area (Å²) >= 11 is 0. The van der Waals surface area contributed by atoms with Crippen molar-refractivity contribution in [3.63, 3.8) is 0 Å². The number of ether oxygens (including phenoxy) is 1. The fraction of sp³-hybridized carbons (Fsp3) is 0.333. The van der Waals surface area contributed by atoms with Gasteiger partial charge in [0.05, 0.1) is 34.8 Å². The van der Waals surface area contributed by atoms with E-state index in [2.05, 4.69) is 15.6 Å². The van der Waals surface area contributed by atoms with Gasteiger partial charge in [-0.3, -0.25) is 9.78 Å². The Morgan fingerprint density at radius 1 is 1.27 bits per heavy atom. The Labute approximate surface area is 148 Å². The number of nitrogens with zero attached hydrogens (tertiary/aromatic N) is 1. The minimum absolute atomic E-state index is 0.00637. The molecule has 3 rings (SSSR count). The van der Waals surface area contributed by atoms with Crippen LogP contribution in [-0.2, 0) is 10.9 Å². The maximum atomic E-state index is 13.1. The van der Waals surface area contributed by atoms with E-state index in [1.807, 2.05) is 0 Å². The van der Waals surface area contributed by atoms with Crippen molar-refractivity contribution in [3.05, 3.63) is 53.9 Å². The molecule has 1 aromatic heterocycles. The lowest BCUT2D eigenvalue weighted by Gasteiger charge is -2.15. The van der Waals surface area contributed by atoms with Gasteiger partial charge in [-0.2, -0.15) is 13.2 Å². The highest BCUT2D eigenvalue weighted by Crippen LogP contribution is 2.35. The van der Waals surface area contributed by atoms with Gasteiger partial charge < -0.3 is 15.4 Å². The summed E-state index contributed by atoms with van der Waals surface area (Å²) < 4.78 is 44.7. The molecule has 2 aromatic rings. The first-order valence-electron chi connectivity index (χ1n) is 8.21. The molecule has 1 saturated heterocycles. The minimum Gasteiger partial charge on any atom is -0.376 e. The smallest absolute Gasteiger partial charge is 0.376 e. The Bertz CT molecular complexity index is 774. The van der Waals surface area contributed by atoms with Crippen molar-refractivity contribution in [1.29, 1.82) is 0 Å². The average Bonchev–Trinajstić information content (AvgIpc) is 3.13. The van der Waals surface area contributed by atoms with E-state index in [1.165, 1.54) is 36.7 Å². The van der Waals surface area contributed by atoms with Crippen LogP contribution in [0.2, 0.25) is 0 Å². The predicted octanol–water partition coefficient (Wildman–Crippen LogP) is 3.75. The summed E-state index contributed by atoms with van der Waals surface area (Å²) in [5.41, 5.74) is -0.323. The summed E-state index contributed by atoms with van der Waals surface area (Å²) in [4.78, 5) is 16.2. The second-order valence-electron chi connectivity index (χ2n) is 5.98. The monoisotopic (exact) mass is 365 g/mol. The van der Waals surface area contributed by atoms with Crippen molar-refractivity contribution in [1.82, 2.24) is 10.3 Å². The largest absolute Gasteiger partial charge is 0.418 e. The highest BCUT2D eigenvalue weighted by molar-refractivity contribution is 5.94. The van der Waals surface area contributed by atoms with Crippen LogP contribution in [0.5, 0.6) is 0 Å². The van der Waals surface area contributed by atoms with Crippen molar-refractivity contribution in [2.24, 2.45) is 0 Å². The highest BCUT2D eigenvalue weighted by Gasteiger charge is 2.33. The Morgan fingerprint density at radius 2 is 2.08 bits per heavy atom. The Hall–Kier alpha value is -2.61. The third-order valence-electron chi connectivity index (χ3n) is 4.03. The third kappa shape index (κ3) is 4.51. The van der Waals surface area contributed by atoms with Crippen LogP contribution in [0.25, 0.3) is 0 Å². The van der Waals surface area contributed by atoms with Crippen molar-refractivity contribution >= 4 is 17.3 Å². The molecule has 5 nitrogen and oxygen atoms in total. The van der Waals surface area contributed by atoms with Crippen LogP contribution >= 0.6 is 0 Å². The van der Waals surface area contributed by atoms with Gasteiger partial charge in [0.2, 0.25) is 0 Å². The molecule has 1 unspecified atom stereocenters. The van der Waals surface area contributed by atoms with Gasteiger partial charge in [-0.1, -0.05) is 12.1 Å². The number of anilines is 2. The van der Waals surface area contributed by atoms with Crippen molar-refractivity contribution in [2.75, 3.05) is 18.5 Å². The van der Waals surface area contributed by atoms with E-state index in [-0.39, 0.29) is 23.3 Å². The molecule has 1 atom stereocenters. The van der Waals surface area contributed by atoms with Crippen molar-refractivity contribution < 1.29 is 22.7 Å². The number of para-hydroxylation sites is 1. The molecule has 0 radical (unpaired) electrons. The number of rotatable bonds is 5. The molecule has 0 aliphatic carbocycles. The molecule has 1 fully saturated rings. The number of hydrogen-bond acceptors (Lipinski definition) is 4. The predicted molar refractivity (Wildman–Crippen MR) is 90.3 cm³/mol. The van der Waals surface area contributed by atoms with E-state index < -0.39 is 11.7 Å². The van der Waals surface area contributed by atoms with Crippen LogP contribution in [0.4, 0.5) is 24.5 Å². The Kier molecular flexibility index (Phi) is 5.41. The summed E-state index contributed by atoms with van der Waals surface area (Å²) in [5.74, 6) is -0.347. The zero-order valence-corrected chi connectivity index (χ0v) is 13.8. The summed E-state index contributed by atoms with van der Waals surface area (Å²) in [6.45, 7) is 1.09. The lowest BCUT2D eigenvalue weighted by molar-refractivity contribution is -0.136. The highest BCUT2D eigenvalue weighted by atomic mass is 19.4. The van der Waals surface area contributed by atoms with Crippen LogP contribution in [0, 0.1) is 0 Å². The van der Waals surface area contributed by atoms with E-state index in [0.29, 0.717) is 18.8 Å². The molecule has 138 valence electrons. The maximum Gasteiger partial charge on any atom is 0.418 e. The molecule has 0 bridgehead atoms. The van der Waals surface area contributed by atoms with E-state index in [9.17, 15) is 18.0 Å². The molecule has 1 aliphatic rings. The lowest BCUT2D eigenvalue weighted by Crippen LogP contribution is -2.31. The van der Waals surface area contributed by atoms with Crippen molar-refractivity contribution in [2.45, 2.75) is 25.1 Å². The number of amides is 1. The number of halogens is 3. The fourth-order valence-corrected chi connectivity index (χ4v) is 2.74. The van der Waals surface area contributed by atoms with Gasteiger partial charge in [-0.05, 0) is 31.0 Å². The number of pyridine rings is 1. The number of benzene rings is 1. The van der Waals surface area contributed by atoms with E-state index >= 15 is 0 Å². The SMILES string of the molecule is O=C(NCC1CCCO1)c1cncc(Nc2ccccc2C(F)(F)F)c1. The fourth-order valence-electron chi connectivity index (χ4n) is 2.74. The van der Waals surface area contributed by atoms with Crippen LogP contribution in [0.1, 0.15) is 28.8 Å². The van der Waals surface area contributed by atoms with Gasteiger partial charge >= 0.3 is 6.18 Å². The first-order chi connectivity index (χ1) is 12.4. The molecular formula is C18H18F3N3O2. The molecule has 1 amide bonds. The number of carbonyl (C=O) groups excluding carboxylic acids is 1. The third-order valence-corrected chi connectivity index (χ3v) is 4.03. The molecule has 0 spiro atoms. The van der Waals surface area contributed by atoms with Gasteiger partial charge in [0.25, 0.3) is 5.91 Å². The van der Waals surface area contributed by atoms with Crippen LogP contribution in [-0.4, -0.2) is 30.1 Å². The number of hydrogen-bond donors (Lipinski definition) is 2. The summed E-state index contributed by atoms with van der Waals surface area (Å²) in [6, 6.07) is 6.61. The number of nitrogens with one attached hydrogen (secondary N) is 2. The topological polar surface area (TPSA) is 63.2 Å². The number of aromatic nitrogens is 1. The molecule has 2 N–H and O–H groups in total. The molecule has 26 heavy (non-hydrogen) atoms. The average molecular weight is 365 g/mol. The normalized spacial score (nSPS) is 17.1. The first-order valence-corrected chi connectivity index (χ1v) is 8.21. The maximum absolute atomic E-state index is 13.1. The zero-order valence-electron chi connectivity index (χ0n) is 13.8. The Balaban J connectivity index is 1.70. The molecule has 8 heteroatoms. The quantitative estimate of drug-likeness (QED) is 0.847. The standard InChI is InChI=1S/C18H18F3N3O2/c19-18(20,21)15-5-1-2-6-16(15)24-13-8-12(9-22-10-13)17(25)23-11-14-4-3-7-26-14/h1-2,5-6,8-10,14,24H,3-4,7,11H2,(H,23,25). The van der Waals surface area contributed by atoms with Gasteiger partial charge in [0.15, 0.2) is 0 Å². The second kappa shape index (κ2) is 7.74. The van der Waals surface area contributed by atoms with Gasteiger partial charge in [0, 0.05) is 19.3 Å². The first kappa shape index (κ1) is 18.2. The van der Waals surface area contributed by atoms with Crippen molar-refractivity contribution in [3.8, 4) is 0 Å². The molecular weight excluding hydrogens is 347 g/mol. The van der Waals surface area contributed by atoms with Gasteiger partial charge in [-0.15, -0.1) is 0 Å². The molecule has 0 saturated carbocycles. The van der Waals surface area contributed by atoms with E-state index in [1.54, 1.807) is 0 Å². The van der Waals surface area contributed by atoms with Gasteiger partial charge in [0.1, 0.15) is 0 Å². The summed E-state index contributed by atoms with van der Waals surface area (Å²) in [5, 5.41) is 5.44. The summed E-state index contributed by atoms with van der Waals surface area (Å²) in [6.07, 6.45) is 0.129. The number of carbonyl (C=O) groups is 1. The summed E-state index contributed by atoms with van der Waals surface area (Å²) in [7, 11) is 0.